The van der Waals surface area contributed by atoms with Crippen molar-refractivity contribution >= 4 is 15.9 Å². The van der Waals surface area contributed by atoms with Crippen LogP contribution in [0.15, 0.2) is 28.7 Å². The molecule has 0 amide bonds. The van der Waals surface area contributed by atoms with E-state index in [4.69, 9.17) is 5.21 Å². The number of rotatable bonds is 3. The van der Waals surface area contributed by atoms with Crippen LogP contribution in [0.4, 0.5) is 0 Å². The maximum absolute atomic E-state index is 8.89. The quantitative estimate of drug-likeness (QED) is 0.805. The van der Waals surface area contributed by atoms with Gasteiger partial charge in [-0.3, -0.25) is 0 Å². The van der Waals surface area contributed by atoms with Crippen LogP contribution in [0.1, 0.15) is 5.56 Å². The van der Waals surface area contributed by atoms with E-state index in [2.05, 4.69) is 15.9 Å². The van der Waals surface area contributed by atoms with Gasteiger partial charge in [-0.25, -0.2) is 0 Å². The van der Waals surface area contributed by atoms with Gasteiger partial charge in [-0.05, 0) is 24.1 Å². The molecule has 2 nitrogen and oxygen atoms in total. The summed E-state index contributed by atoms with van der Waals surface area (Å²) in [6, 6.07) is 8.11. The number of hydrogen-bond donors (Lipinski definition) is 1. The summed E-state index contributed by atoms with van der Waals surface area (Å²) in [5.74, 6) is 0. The fraction of sp³-hybridized carbons (Fsp3) is 0.333. The minimum absolute atomic E-state index is 0.668. The summed E-state index contributed by atoms with van der Waals surface area (Å²) < 4.78 is 1.09. The molecule has 0 saturated heterocycles. The third kappa shape index (κ3) is 3.34. The molecule has 0 unspecified atom stereocenters. The lowest BCUT2D eigenvalue weighted by atomic mass is 10.1. The monoisotopic (exact) mass is 229 g/mol. The summed E-state index contributed by atoms with van der Waals surface area (Å²) in [5, 5.41) is 10.1. The van der Waals surface area contributed by atoms with Gasteiger partial charge < -0.3 is 5.21 Å². The van der Waals surface area contributed by atoms with Crippen molar-refractivity contribution in [1.82, 2.24) is 5.06 Å². The van der Waals surface area contributed by atoms with Gasteiger partial charge in [0.2, 0.25) is 0 Å². The van der Waals surface area contributed by atoms with E-state index in [-0.39, 0.29) is 0 Å². The first-order valence-corrected chi connectivity index (χ1v) is 4.62. The van der Waals surface area contributed by atoms with Crippen molar-refractivity contribution in [3.63, 3.8) is 0 Å². The lowest BCUT2D eigenvalue weighted by Crippen LogP contribution is -2.15. The van der Waals surface area contributed by atoms with E-state index in [1.165, 1.54) is 10.6 Å². The number of hydroxylamine groups is 2. The van der Waals surface area contributed by atoms with E-state index in [0.717, 1.165) is 10.9 Å². The second-order valence-corrected chi connectivity index (χ2v) is 3.67. The highest BCUT2D eigenvalue weighted by molar-refractivity contribution is 9.10. The fourth-order valence-corrected chi connectivity index (χ4v) is 1.21. The van der Waals surface area contributed by atoms with Gasteiger partial charge >= 0.3 is 0 Å². The van der Waals surface area contributed by atoms with E-state index in [1.54, 1.807) is 7.05 Å². The SMILES string of the molecule is CN(O)CCc1ccc(Br)cc1. The zero-order valence-corrected chi connectivity index (χ0v) is 8.58. The number of halogens is 1. The Balaban J connectivity index is 2.48. The van der Waals surface area contributed by atoms with Crippen molar-refractivity contribution in [2.45, 2.75) is 6.42 Å². The minimum atomic E-state index is 0.668. The van der Waals surface area contributed by atoms with Crippen LogP contribution in [-0.4, -0.2) is 23.9 Å². The van der Waals surface area contributed by atoms with E-state index >= 15 is 0 Å². The smallest absolute Gasteiger partial charge is 0.0275 e. The van der Waals surface area contributed by atoms with Crippen molar-refractivity contribution in [3.8, 4) is 0 Å². The largest absolute Gasteiger partial charge is 0.314 e. The first-order chi connectivity index (χ1) is 5.68. The van der Waals surface area contributed by atoms with Crippen LogP contribution in [0.5, 0.6) is 0 Å². The topological polar surface area (TPSA) is 23.5 Å². The Hall–Kier alpha value is -0.380. The summed E-state index contributed by atoms with van der Waals surface area (Å²) in [5.41, 5.74) is 1.24. The molecule has 1 rings (SSSR count). The Morgan fingerprint density at radius 2 is 1.92 bits per heavy atom. The van der Waals surface area contributed by atoms with Crippen LogP contribution < -0.4 is 0 Å². The molecule has 0 aliphatic heterocycles. The number of likely N-dealkylation sites (N-methyl/N-ethyl adjacent to an activating group) is 1. The predicted octanol–water partition coefficient (Wildman–Crippen LogP) is 2.31. The highest BCUT2D eigenvalue weighted by Crippen LogP contribution is 2.10. The second kappa shape index (κ2) is 4.60. The molecule has 3 heteroatoms. The minimum Gasteiger partial charge on any atom is -0.314 e. The van der Waals surface area contributed by atoms with Crippen molar-refractivity contribution in [2.75, 3.05) is 13.6 Å². The van der Waals surface area contributed by atoms with Crippen LogP contribution in [0, 0.1) is 0 Å². The maximum atomic E-state index is 8.89. The molecule has 0 fully saturated rings. The third-order valence-electron chi connectivity index (χ3n) is 1.64. The lowest BCUT2D eigenvalue weighted by molar-refractivity contribution is -0.0634. The molecule has 0 heterocycles. The standard InChI is InChI=1S/C9H12BrNO/c1-11(12)7-6-8-2-4-9(10)5-3-8/h2-5,12H,6-7H2,1H3. The highest BCUT2D eigenvalue weighted by atomic mass is 79.9. The van der Waals surface area contributed by atoms with Crippen LogP contribution in [0.3, 0.4) is 0 Å². The second-order valence-electron chi connectivity index (χ2n) is 2.76. The van der Waals surface area contributed by atoms with Crippen molar-refractivity contribution in [1.29, 1.82) is 0 Å². The first kappa shape index (κ1) is 9.71. The molecule has 0 aliphatic carbocycles. The average molecular weight is 230 g/mol. The van der Waals surface area contributed by atoms with E-state index in [0.29, 0.717) is 6.54 Å². The van der Waals surface area contributed by atoms with Crippen LogP contribution in [0.25, 0.3) is 0 Å². The molecule has 1 aromatic rings. The molecule has 1 N–H and O–H groups in total. The predicted molar refractivity (Wildman–Crippen MR) is 52.3 cm³/mol. The molecule has 0 aliphatic rings. The Labute approximate surface area is 80.9 Å². The average Bonchev–Trinajstić information content (AvgIpc) is 2.03. The molecule has 1 aromatic carbocycles. The molecule has 0 radical (unpaired) electrons. The third-order valence-corrected chi connectivity index (χ3v) is 2.17. The normalized spacial score (nSPS) is 10.7. The molecule has 0 atom stereocenters. The number of benzene rings is 1. The molecular weight excluding hydrogens is 218 g/mol. The van der Waals surface area contributed by atoms with Gasteiger partial charge in [0.25, 0.3) is 0 Å². The zero-order valence-electron chi connectivity index (χ0n) is 7.00. The van der Waals surface area contributed by atoms with Crippen LogP contribution >= 0.6 is 15.9 Å². The summed E-state index contributed by atoms with van der Waals surface area (Å²) in [7, 11) is 1.65. The first-order valence-electron chi connectivity index (χ1n) is 3.83. The Morgan fingerprint density at radius 3 is 2.42 bits per heavy atom. The van der Waals surface area contributed by atoms with Gasteiger partial charge in [0.1, 0.15) is 0 Å². The molecule has 0 saturated carbocycles. The molecule has 0 bridgehead atoms. The van der Waals surface area contributed by atoms with Gasteiger partial charge in [-0.15, -0.1) is 0 Å². The molecule has 0 aromatic heterocycles. The Bertz CT molecular complexity index is 233. The van der Waals surface area contributed by atoms with Gasteiger partial charge in [0.05, 0.1) is 0 Å². The molecule has 66 valence electrons. The highest BCUT2D eigenvalue weighted by Gasteiger charge is 1.94. The van der Waals surface area contributed by atoms with Gasteiger partial charge in [0, 0.05) is 18.1 Å². The Morgan fingerprint density at radius 1 is 1.33 bits per heavy atom. The summed E-state index contributed by atoms with van der Waals surface area (Å²) >= 11 is 3.37. The lowest BCUT2D eigenvalue weighted by Gasteiger charge is -2.07. The molecular formula is C9H12BrNO. The number of hydrogen-bond acceptors (Lipinski definition) is 2. The van der Waals surface area contributed by atoms with Crippen LogP contribution in [0.2, 0.25) is 0 Å². The van der Waals surface area contributed by atoms with Gasteiger partial charge in [-0.2, -0.15) is 5.06 Å². The van der Waals surface area contributed by atoms with E-state index < -0.39 is 0 Å². The van der Waals surface area contributed by atoms with E-state index in [9.17, 15) is 0 Å². The van der Waals surface area contributed by atoms with Gasteiger partial charge in [-0.1, -0.05) is 28.1 Å². The van der Waals surface area contributed by atoms with Gasteiger partial charge in [0.15, 0.2) is 0 Å². The summed E-state index contributed by atoms with van der Waals surface area (Å²) in [6.07, 6.45) is 0.875. The molecule has 12 heavy (non-hydrogen) atoms. The summed E-state index contributed by atoms with van der Waals surface area (Å²) in [6.45, 7) is 0.668. The number of nitrogens with zero attached hydrogens (tertiary/aromatic N) is 1. The van der Waals surface area contributed by atoms with Crippen molar-refractivity contribution in [3.05, 3.63) is 34.3 Å². The van der Waals surface area contributed by atoms with E-state index in [1.807, 2.05) is 24.3 Å². The Kier molecular flexibility index (Phi) is 3.72. The molecule has 0 spiro atoms. The van der Waals surface area contributed by atoms with Crippen molar-refractivity contribution in [2.24, 2.45) is 0 Å². The fourth-order valence-electron chi connectivity index (χ4n) is 0.942. The van der Waals surface area contributed by atoms with Crippen molar-refractivity contribution < 1.29 is 5.21 Å². The maximum Gasteiger partial charge on any atom is 0.0275 e. The summed E-state index contributed by atoms with van der Waals surface area (Å²) in [4.78, 5) is 0. The van der Waals surface area contributed by atoms with Crippen LogP contribution in [-0.2, 0) is 6.42 Å². The zero-order chi connectivity index (χ0) is 8.97.